The Balaban J connectivity index is 1.31. The molecule has 1 aromatic heterocycles. The molecule has 2 heterocycles. The van der Waals surface area contributed by atoms with Gasteiger partial charge in [-0.05, 0) is 30.5 Å². The summed E-state index contributed by atoms with van der Waals surface area (Å²) >= 11 is 6.03. The van der Waals surface area contributed by atoms with Crippen LogP contribution in [-0.2, 0) is 6.54 Å². The van der Waals surface area contributed by atoms with Crippen molar-refractivity contribution < 1.29 is 9.32 Å². The molecule has 2 amide bonds. The van der Waals surface area contributed by atoms with Crippen LogP contribution >= 0.6 is 11.6 Å². The minimum atomic E-state index is -0.0348. The average Bonchev–Trinajstić information content (AvgIpc) is 3.23. The van der Waals surface area contributed by atoms with Crippen LogP contribution in [0.1, 0.15) is 30.2 Å². The van der Waals surface area contributed by atoms with Gasteiger partial charge < -0.3 is 14.7 Å². The standard InChI is InChI=1S/C21H21ClN4O2/c22-18-8-4-7-17(13-18)19-24-20(28-25-19)16-9-11-26(12-10-16)21(27)23-14-15-5-2-1-3-6-15/h1-8,13,16H,9-12,14H2,(H,23,27). The third-order valence-electron chi connectivity index (χ3n) is 4.94. The summed E-state index contributed by atoms with van der Waals surface area (Å²) in [6.07, 6.45) is 1.60. The minimum absolute atomic E-state index is 0.0348. The van der Waals surface area contributed by atoms with Crippen molar-refractivity contribution in [3.8, 4) is 11.4 Å². The van der Waals surface area contributed by atoms with Crippen molar-refractivity contribution in [1.29, 1.82) is 0 Å². The number of amides is 2. The van der Waals surface area contributed by atoms with E-state index in [1.807, 2.05) is 59.5 Å². The van der Waals surface area contributed by atoms with Gasteiger partial charge in [0.2, 0.25) is 11.7 Å². The highest BCUT2D eigenvalue weighted by atomic mass is 35.5. The van der Waals surface area contributed by atoms with Crippen molar-refractivity contribution in [1.82, 2.24) is 20.4 Å². The van der Waals surface area contributed by atoms with Crippen LogP contribution in [0.15, 0.2) is 59.1 Å². The number of halogens is 1. The number of urea groups is 1. The molecule has 6 nitrogen and oxygen atoms in total. The van der Waals surface area contributed by atoms with Crippen LogP contribution in [-0.4, -0.2) is 34.2 Å². The monoisotopic (exact) mass is 396 g/mol. The van der Waals surface area contributed by atoms with Crippen molar-refractivity contribution in [2.45, 2.75) is 25.3 Å². The molecule has 2 aromatic carbocycles. The van der Waals surface area contributed by atoms with Crippen molar-refractivity contribution in [2.75, 3.05) is 13.1 Å². The lowest BCUT2D eigenvalue weighted by atomic mass is 9.97. The molecular formula is C21H21ClN4O2. The Morgan fingerprint density at radius 2 is 1.93 bits per heavy atom. The van der Waals surface area contributed by atoms with E-state index < -0.39 is 0 Å². The summed E-state index contributed by atoms with van der Waals surface area (Å²) in [6, 6.07) is 17.3. The molecule has 0 unspecified atom stereocenters. The number of nitrogens with one attached hydrogen (secondary N) is 1. The van der Waals surface area contributed by atoms with E-state index >= 15 is 0 Å². The molecule has 1 aliphatic rings. The molecule has 28 heavy (non-hydrogen) atoms. The SMILES string of the molecule is O=C(NCc1ccccc1)N1CCC(c2nc(-c3cccc(Cl)c3)no2)CC1. The van der Waals surface area contributed by atoms with Crippen LogP contribution in [0.25, 0.3) is 11.4 Å². The van der Waals surface area contributed by atoms with Crippen LogP contribution < -0.4 is 5.32 Å². The predicted molar refractivity (Wildman–Crippen MR) is 107 cm³/mol. The predicted octanol–water partition coefficient (Wildman–Crippen LogP) is 4.48. The number of nitrogens with zero attached hydrogens (tertiary/aromatic N) is 3. The quantitative estimate of drug-likeness (QED) is 0.705. The van der Waals surface area contributed by atoms with Gasteiger partial charge in [-0.15, -0.1) is 0 Å². The molecule has 0 saturated carbocycles. The van der Waals surface area contributed by atoms with Crippen LogP contribution in [0.3, 0.4) is 0 Å². The topological polar surface area (TPSA) is 71.3 Å². The molecule has 7 heteroatoms. The van der Waals surface area contributed by atoms with Gasteiger partial charge in [0.05, 0.1) is 0 Å². The number of hydrogen-bond donors (Lipinski definition) is 1. The maximum Gasteiger partial charge on any atom is 0.317 e. The zero-order valence-corrected chi connectivity index (χ0v) is 16.1. The van der Waals surface area contributed by atoms with Gasteiger partial charge in [0, 0.05) is 36.1 Å². The number of rotatable bonds is 4. The van der Waals surface area contributed by atoms with Crippen molar-refractivity contribution >= 4 is 17.6 Å². The number of aromatic nitrogens is 2. The molecule has 1 N–H and O–H groups in total. The lowest BCUT2D eigenvalue weighted by Crippen LogP contribution is -2.43. The number of likely N-dealkylation sites (tertiary alicyclic amines) is 1. The lowest BCUT2D eigenvalue weighted by molar-refractivity contribution is 0.175. The van der Waals surface area contributed by atoms with E-state index in [9.17, 15) is 4.79 Å². The first kappa shape index (κ1) is 18.5. The van der Waals surface area contributed by atoms with Crippen molar-refractivity contribution in [3.05, 3.63) is 71.1 Å². The summed E-state index contributed by atoms with van der Waals surface area (Å²) in [5.41, 5.74) is 1.92. The molecule has 144 valence electrons. The first-order chi connectivity index (χ1) is 13.7. The molecule has 0 radical (unpaired) electrons. The Morgan fingerprint density at radius 1 is 1.14 bits per heavy atom. The lowest BCUT2D eigenvalue weighted by Gasteiger charge is -2.30. The van der Waals surface area contributed by atoms with E-state index in [-0.39, 0.29) is 11.9 Å². The second kappa shape index (κ2) is 8.44. The second-order valence-electron chi connectivity index (χ2n) is 6.87. The molecule has 4 rings (SSSR count). The summed E-state index contributed by atoms with van der Waals surface area (Å²) in [5.74, 6) is 1.33. The number of carbonyl (C=O) groups excluding carboxylic acids is 1. The molecule has 1 fully saturated rings. The molecule has 1 aliphatic heterocycles. The number of carbonyl (C=O) groups is 1. The van der Waals surface area contributed by atoms with Crippen molar-refractivity contribution in [2.24, 2.45) is 0 Å². The van der Waals surface area contributed by atoms with Crippen LogP contribution in [0.4, 0.5) is 4.79 Å². The van der Waals surface area contributed by atoms with Gasteiger partial charge in [-0.25, -0.2) is 4.79 Å². The summed E-state index contributed by atoms with van der Waals surface area (Å²) < 4.78 is 5.48. The summed E-state index contributed by atoms with van der Waals surface area (Å²) in [7, 11) is 0. The Morgan fingerprint density at radius 3 is 2.68 bits per heavy atom. The summed E-state index contributed by atoms with van der Waals surface area (Å²) in [4.78, 5) is 18.8. The molecular weight excluding hydrogens is 376 g/mol. The van der Waals surface area contributed by atoms with Crippen LogP contribution in [0.5, 0.6) is 0 Å². The van der Waals surface area contributed by atoms with Gasteiger partial charge in [0.25, 0.3) is 0 Å². The third-order valence-corrected chi connectivity index (χ3v) is 5.18. The van der Waals surface area contributed by atoms with E-state index in [1.54, 1.807) is 0 Å². The number of benzene rings is 2. The van der Waals surface area contributed by atoms with E-state index in [0.717, 1.165) is 24.0 Å². The van der Waals surface area contributed by atoms with Crippen molar-refractivity contribution in [3.63, 3.8) is 0 Å². The normalized spacial score (nSPS) is 14.8. The van der Waals surface area contributed by atoms with Crippen LogP contribution in [0, 0.1) is 0 Å². The largest absolute Gasteiger partial charge is 0.339 e. The number of piperidine rings is 1. The Kier molecular flexibility index (Phi) is 5.58. The highest BCUT2D eigenvalue weighted by Gasteiger charge is 2.27. The van der Waals surface area contributed by atoms with Gasteiger partial charge >= 0.3 is 6.03 Å². The molecule has 0 aliphatic carbocycles. The zero-order chi connectivity index (χ0) is 19.3. The summed E-state index contributed by atoms with van der Waals surface area (Å²) in [5, 5.41) is 7.70. The summed E-state index contributed by atoms with van der Waals surface area (Å²) in [6.45, 7) is 1.87. The fourth-order valence-electron chi connectivity index (χ4n) is 3.36. The van der Waals surface area contributed by atoms with Crippen LogP contribution in [0.2, 0.25) is 5.02 Å². The van der Waals surface area contributed by atoms with E-state index in [0.29, 0.717) is 36.4 Å². The average molecular weight is 397 g/mol. The minimum Gasteiger partial charge on any atom is -0.339 e. The second-order valence-corrected chi connectivity index (χ2v) is 7.31. The highest BCUT2D eigenvalue weighted by molar-refractivity contribution is 6.30. The Hall–Kier alpha value is -2.86. The fourth-order valence-corrected chi connectivity index (χ4v) is 3.55. The van der Waals surface area contributed by atoms with E-state index in [1.165, 1.54) is 0 Å². The zero-order valence-electron chi connectivity index (χ0n) is 15.3. The third kappa shape index (κ3) is 4.34. The fraction of sp³-hybridized carbons (Fsp3) is 0.286. The smallest absolute Gasteiger partial charge is 0.317 e. The van der Waals surface area contributed by atoms with Gasteiger partial charge in [0.1, 0.15) is 0 Å². The molecule has 0 atom stereocenters. The molecule has 1 saturated heterocycles. The first-order valence-corrected chi connectivity index (χ1v) is 9.73. The van der Waals surface area contributed by atoms with Gasteiger partial charge in [-0.1, -0.05) is 59.2 Å². The maximum absolute atomic E-state index is 12.4. The maximum atomic E-state index is 12.4. The van der Waals surface area contributed by atoms with Gasteiger partial charge in [-0.3, -0.25) is 0 Å². The molecule has 3 aromatic rings. The first-order valence-electron chi connectivity index (χ1n) is 9.35. The number of hydrogen-bond acceptors (Lipinski definition) is 4. The molecule has 0 bridgehead atoms. The van der Waals surface area contributed by atoms with E-state index in [4.69, 9.17) is 16.1 Å². The van der Waals surface area contributed by atoms with Gasteiger partial charge in [-0.2, -0.15) is 4.98 Å². The Labute approximate surface area is 168 Å². The Bertz CT molecular complexity index is 936. The highest BCUT2D eigenvalue weighted by Crippen LogP contribution is 2.29. The molecule has 0 spiro atoms. The van der Waals surface area contributed by atoms with Gasteiger partial charge in [0.15, 0.2) is 0 Å². The van der Waals surface area contributed by atoms with E-state index in [2.05, 4.69) is 15.5 Å².